The summed E-state index contributed by atoms with van der Waals surface area (Å²) in [4.78, 5) is 13.6. The van der Waals surface area contributed by atoms with Crippen LogP contribution in [0.15, 0.2) is 42.9 Å². The van der Waals surface area contributed by atoms with E-state index in [2.05, 4.69) is 62.1 Å². The number of hydrogen-bond acceptors (Lipinski definition) is 6. The van der Waals surface area contributed by atoms with Gasteiger partial charge in [-0.3, -0.25) is 0 Å². The Morgan fingerprint density at radius 1 is 1.20 bits per heavy atom. The Morgan fingerprint density at radius 2 is 2.12 bits per heavy atom. The first-order valence-electron chi connectivity index (χ1n) is 8.69. The maximum absolute atomic E-state index is 4.59. The van der Waals surface area contributed by atoms with Gasteiger partial charge in [0, 0.05) is 37.8 Å². The molecule has 4 rings (SSSR count). The van der Waals surface area contributed by atoms with E-state index >= 15 is 0 Å². The van der Waals surface area contributed by atoms with Crippen LogP contribution in [0.2, 0.25) is 0 Å². The summed E-state index contributed by atoms with van der Waals surface area (Å²) in [5.41, 5.74) is 2.21. The maximum atomic E-state index is 4.59. The van der Waals surface area contributed by atoms with Gasteiger partial charge in [-0.25, -0.2) is 9.97 Å². The van der Waals surface area contributed by atoms with Crippen molar-refractivity contribution in [1.82, 2.24) is 20.2 Å². The van der Waals surface area contributed by atoms with Crippen molar-refractivity contribution in [1.29, 1.82) is 0 Å². The van der Waals surface area contributed by atoms with Crippen molar-refractivity contribution in [3.63, 3.8) is 0 Å². The standard InChI is InChI=1S/C19H22N6/c1-14-7-8-17-16(11-14)19(21-13-20-17)24(2)15-5-4-10-25(12-15)18-6-3-9-22-23-18/h3,6-9,11,13,15H,4-5,10,12H2,1-2H3. The van der Waals surface area contributed by atoms with Crippen molar-refractivity contribution in [2.45, 2.75) is 25.8 Å². The quantitative estimate of drug-likeness (QED) is 0.734. The summed E-state index contributed by atoms with van der Waals surface area (Å²) in [5.74, 6) is 1.95. The molecule has 0 aliphatic carbocycles. The van der Waals surface area contributed by atoms with Gasteiger partial charge in [0.15, 0.2) is 5.82 Å². The van der Waals surface area contributed by atoms with Crippen LogP contribution >= 0.6 is 0 Å². The van der Waals surface area contributed by atoms with Gasteiger partial charge in [0.25, 0.3) is 0 Å². The summed E-state index contributed by atoms with van der Waals surface area (Å²) in [6, 6.07) is 10.7. The number of anilines is 2. The molecule has 0 radical (unpaired) electrons. The number of hydrogen-bond donors (Lipinski definition) is 0. The Hall–Kier alpha value is -2.76. The highest BCUT2D eigenvalue weighted by Gasteiger charge is 2.26. The average Bonchev–Trinajstić information content (AvgIpc) is 2.68. The van der Waals surface area contributed by atoms with Gasteiger partial charge in [-0.2, -0.15) is 5.10 Å². The lowest BCUT2D eigenvalue weighted by Gasteiger charge is -2.38. The molecule has 1 fully saturated rings. The van der Waals surface area contributed by atoms with Crippen molar-refractivity contribution in [3.8, 4) is 0 Å². The van der Waals surface area contributed by atoms with Crippen LogP contribution in [0.25, 0.3) is 10.9 Å². The van der Waals surface area contributed by atoms with Crippen LogP contribution in [0.1, 0.15) is 18.4 Å². The van der Waals surface area contributed by atoms with E-state index in [-0.39, 0.29) is 0 Å². The van der Waals surface area contributed by atoms with Crippen LogP contribution in [0.5, 0.6) is 0 Å². The molecule has 3 aromatic rings. The molecule has 1 aliphatic heterocycles. The molecule has 128 valence electrons. The molecular formula is C19H22N6. The molecule has 6 nitrogen and oxygen atoms in total. The van der Waals surface area contributed by atoms with E-state index in [1.165, 1.54) is 5.56 Å². The minimum Gasteiger partial charge on any atom is -0.354 e. The first-order valence-corrected chi connectivity index (χ1v) is 8.69. The zero-order chi connectivity index (χ0) is 17.2. The molecule has 0 N–H and O–H groups in total. The van der Waals surface area contributed by atoms with E-state index in [1.54, 1.807) is 12.5 Å². The number of fused-ring (bicyclic) bond motifs is 1. The van der Waals surface area contributed by atoms with E-state index in [4.69, 9.17) is 0 Å². The van der Waals surface area contributed by atoms with Crippen molar-refractivity contribution >= 4 is 22.5 Å². The first kappa shape index (κ1) is 15.7. The molecule has 3 heterocycles. The topological polar surface area (TPSA) is 58.0 Å². The first-order chi connectivity index (χ1) is 12.2. The second-order valence-corrected chi connectivity index (χ2v) is 6.65. The van der Waals surface area contributed by atoms with Crippen LogP contribution in [0.3, 0.4) is 0 Å². The van der Waals surface area contributed by atoms with E-state index < -0.39 is 0 Å². The van der Waals surface area contributed by atoms with Gasteiger partial charge in [0.2, 0.25) is 0 Å². The SMILES string of the molecule is Cc1ccc2ncnc(N(C)C3CCCN(c4cccnn4)C3)c2c1. The summed E-state index contributed by atoms with van der Waals surface area (Å²) in [7, 11) is 2.13. The minimum absolute atomic E-state index is 0.384. The van der Waals surface area contributed by atoms with Crippen LogP contribution in [0.4, 0.5) is 11.6 Å². The fraction of sp³-hybridized carbons (Fsp3) is 0.368. The molecule has 0 bridgehead atoms. The Kier molecular flexibility index (Phi) is 4.17. The number of likely N-dealkylation sites (N-methyl/N-ethyl adjacent to an activating group) is 1. The second kappa shape index (κ2) is 6.63. The highest BCUT2D eigenvalue weighted by atomic mass is 15.3. The number of benzene rings is 1. The lowest BCUT2D eigenvalue weighted by molar-refractivity contribution is 0.483. The fourth-order valence-corrected chi connectivity index (χ4v) is 3.55. The molecule has 1 atom stereocenters. The predicted molar refractivity (Wildman–Crippen MR) is 99.9 cm³/mol. The zero-order valence-corrected chi connectivity index (χ0v) is 14.6. The molecular weight excluding hydrogens is 312 g/mol. The maximum Gasteiger partial charge on any atom is 0.151 e. The molecule has 25 heavy (non-hydrogen) atoms. The van der Waals surface area contributed by atoms with Gasteiger partial charge in [0.1, 0.15) is 12.1 Å². The molecule has 1 saturated heterocycles. The summed E-state index contributed by atoms with van der Waals surface area (Å²) in [5, 5.41) is 9.39. The highest BCUT2D eigenvalue weighted by molar-refractivity contribution is 5.89. The lowest BCUT2D eigenvalue weighted by atomic mass is 10.0. The number of aryl methyl sites for hydroxylation is 1. The van der Waals surface area contributed by atoms with Gasteiger partial charge in [-0.1, -0.05) is 11.6 Å². The number of piperidine rings is 1. The van der Waals surface area contributed by atoms with Gasteiger partial charge in [0.05, 0.1) is 5.52 Å². The second-order valence-electron chi connectivity index (χ2n) is 6.65. The summed E-state index contributed by atoms with van der Waals surface area (Å²) < 4.78 is 0. The third-order valence-corrected chi connectivity index (χ3v) is 4.93. The molecule has 1 unspecified atom stereocenters. The molecule has 0 amide bonds. The molecule has 6 heteroatoms. The Morgan fingerprint density at radius 3 is 2.96 bits per heavy atom. The summed E-state index contributed by atoms with van der Waals surface area (Å²) in [6.45, 7) is 4.05. The smallest absolute Gasteiger partial charge is 0.151 e. The van der Waals surface area contributed by atoms with Gasteiger partial charge >= 0.3 is 0 Å². The largest absolute Gasteiger partial charge is 0.354 e. The van der Waals surface area contributed by atoms with E-state index in [0.29, 0.717) is 6.04 Å². The molecule has 1 aromatic carbocycles. The van der Waals surface area contributed by atoms with Gasteiger partial charge in [-0.05, 0) is 44.0 Å². The van der Waals surface area contributed by atoms with Crippen LogP contribution in [-0.2, 0) is 0 Å². The van der Waals surface area contributed by atoms with E-state index in [1.807, 2.05) is 12.1 Å². The molecule has 0 saturated carbocycles. The lowest BCUT2D eigenvalue weighted by Crippen LogP contribution is -2.47. The number of nitrogens with zero attached hydrogens (tertiary/aromatic N) is 6. The van der Waals surface area contributed by atoms with Crippen molar-refractivity contribution < 1.29 is 0 Å². The third-order valence-electron chi connectivity index (χ3n) is 4.93. The van der Waals surface area contributed by atoms with Gasteiger partial charge < -0.3 is 9.80 Å². The van der Waals surface area contributed by atoms with Crippen molar-refractivity contribution in [2.24, 2.45) is 0 Å². The Bertz CT molecular complexity index is 866. The number of aromatic nitrogens is 4. The number of rotatable bonds is 3. The third kappa shape index (κ3) is 3.12. The van der Waals surface area contributed by atoms with Gasteiger partial charge in [-0.15, -0.1) is 5.10 Å². The Balaban J connectivity index is 1.62. The van der Waals surface area contributed by atoms with Crippen LogP contribution in [0, 0.1) is 6.92 Å². The van der Waals surface area contributed by atoms with Crippen molar-refractivity contribution in [2.75, 3.05) is 29.9 Å². The highest BCUT2D eigenvalue weighted by Crippen LogP contribution is 2.28. The molecule has 0 spiro atoms. The monoisotopic (exact) mass is 334 g/mol. The van der Waals surface area contributed by atoms with E-state index in [0.717, 1.165) is 48.5 Å². The predicted octanol–water partition coefficient (Wildman–Crippen LogP) is 2.83. The molecule has 2 aromatic heterocycles. The normalized spacial score (nSPS) is 17.7. The van der Waals surface area contributed by atoms with E-state index in [9.17, 15) is 0 Å². The minimum atomic E-state index is 0.384. The average molecular weight is 334 g/mol. The fourth-order valence-electron chi connectivity index (χ4n) is 3.55. The van der Waals surface area contributed by atoms with Crippen LogP contribution in [-0.4, -0.2) is 46.3 Å². The van der Waals surface area contributed by atoms with Crippen molar-refractivity contribution in [3.05, 3.63) is 48.4 Å². The summed E-state index contributed by atoms with van der Waals surface area (Å²) in [6.07, 6.45) is 5.65. The Labute approximate surface area is 147 Å². The summed E-state index contributed by atoms with van der Waals surface area (Å²) >= 11 is 0. The van der Waals surface area contributed by atoms with Crippen LogP contribution < -0.4 is 9.80 Å². The zero-order valence-electron chi connectivity index (χ0n) is 14.6. The molecule has 1 aliphatic rings.